The van der Waals surface area contributed by atoms with Gasteiger partial charge in [0.15, 0.2) is 0 Å². The van der Waals surface area contributed by atoms with Crippen molar-refractivity contribution >= 4 is 11.5 Å². The Morgan fingerprint density at radius 1 is 1.59 bits per heavy atom. The third-order valence-electron chi connectivity index (χ3n) is 3.21. The molecule has 0 spiro atoms. The van der Waals surface area contributed by atoms with Crippen molar-refractivity contribution in [3.63, 3.8) is 0 Å². The number of nitrogens with zero attached hydrogens (tertiary/aromatic N) is 2. The van der Waals surface area contributed by atoms with Crippen LogP contribution in [0.5, 0.6) is 0 Å². The van der Waals surface area contributed by atoms with Gasteiger partial charge in [-0.05, 0) is 31.4 Å². The number of pyridine rings is 1. The van der Waals surface area contributed by atoms with E-state index in [2.05, 4.69) is 9.88 Å². The monoisotopic (exact) mass is 234 g/mol. The van der Waals surface area contributed by atoms with Gasteiger partial charge in [0.05, 0.1) is 6.61 Å². The number of nitrogens with one attached hydrogen (secondary N) is 1. The van der Waals surface area contributed by atoms with Gasteiger partial charge in [-0.2, -0.15) is 0 Å². The van der Waals surface area contributed by atoms with Gasteiger partial charge >= 0.3 is 0 Å². The summed E-state index contributed by atoms with van der Waals surface area (Å²) in [6, 6.07) is 4.22. The lowest BCUT2D eigenvalue weighted by Crippen LogP contribution is -2.42. The predicted molar refractivity (Wildman–Crippen MR) is 67.3 cm³/mol. The maximum atomic E-state index is 9.12. The van der Waals surface area contributed by atoms with E-state index in [1.165, 1.54) is 6.42 Å². The topological polar surface area (TPSA) is 86.2 Å². The molecule has 5 nitrogen and oxygen atoms in total. The average molecular weight is 234 g/mol. The molecule has 1 aromatic heterocycles. The minimum Gasteiger partial charge on any atom is -0.395 e. The molecule has 5 heteroatoms. The van der Waals surface area contributed by atoms with Crippen molar-refractivity contribution in [3.8, 4) is 0 Å². The molecule has 2 rings (SSSR count). The molecule has 17 heavy (non-hydrogen) atoms. The molecule has 1 saturated carbocycles. The second kappa shape index (κ2) is 5.14. The van der Waals surface area contributed by atoms with Gasteiger partial charge in [0, 0.05) is 24.5 Å². The van der Waals surface area contributed by atoms with E-state index in [1.807, 2.05) is 12.1 Å². The summed E-state index contributed by atoms with van der Waals surface area (Å²) >= 11 is 0. The zero-order valence-electron chi connectivity index (χ0n) is 9.76. The lowest BCUT2D eigenvalue weighted by Gasteiger charge is -2.39. The minimum atomic E-state index is -0.0237. The maximum Gasteiger partial charge on any atom is 0.141 e. The fraction of sp³-hybridized carbons (Fsp3) is 0.500. The van der Waals surface area contributed by atoms with Crippen molar-refractivity contribution in [2.24, 2.45) is 5.73 Å². The van der Waals surface area contributed by atoms with Crippen LogP contribution in [0.25, 0.3) is 0 Å². The first-order valence-corrected chi connectivity index (χ1v) is 5.90. The highest BCUT2D eigenvalue weighted by Gasteiger charge is 2.25. The molecule has 0 unspecified atom stereocenters. The molecule has 0 bridgehead atoms. The Bertz CT molecular complexity index is 403. The fourth-order valence-electron chi connectivity index (χ4n) is 2.07. The highest BCUT2D eigenvalue weighted by Crippen LogP contribution is 2.29. The molecule has 92 valence electrons. The lowest BCUT2D eigenvalue weighted by atomic mass is 9.91. The van der Waals surface area contributed by atoms with Gasteiger partial charge in [-0.3, -0.25) is 10.4 Å². The van der Waals surface area contributed by atoms with Crippen molar-refractivity contribution in [3.05, 3.63) is 24.0 Å². The van der Waals surface area contributed by atoms with Crippen molar-refractivity contribution in [1.29, 1.82) is 5.41 Å². The summed E-state index contributed by atoms with van der Waals surface area (Å²) in [5.74, 6) is -0.0237. The Hall–Kier alpha value is -1.62. The molecule has 0 saturated heterocycles. The van der Waals surface area contributed by atoms with Crippen LogP contribution in [0, 0.1) is 5.41 Å². The molecule has 0 aromatic carbocycles. The van der Waals surface area contributed by atoms with E-state index < -0.39 is 0 Å². The van der Waals surface area contributed by atoms with Crippen molar-refractivity contribution in [2.75, 3.05) is 18.1 Å². The number of rotatable bonds is 5. The highest BCUT2D eigenvalue weighted by atomic mass is 16.3. The molecule has 0 radical (unpaired) electrons. The van der Waals surface area contributed by atoms with E-state index in [0.29, 0.717) is 18.3 Å². The van der Waals surface area contributed by atoms with Crippen LogP contribution in [0.2, 0.25) is 0 Å². The number of hydrogen-bond acceptors (Lipinski definition) is 4. The number of nitrogens with two attached hydrogens (primary N) is 1. The quantitative estimate of drug-likeness (QED) is 0.517. The van der Waals surface area contributed by atoms with Crippen LogP contribution < -0.4 is 10.6 Å². The first kappa shape index (κ1) is 11.9. The maximum absolute atomic E-state index is 9.12. The van der Waals surface area contributed by atoms with Crippen LogP contribution in [0.15, 0.2) is 18.3 Å². The van der Waals surface area contributed by atoms with E-state index in [4.69, 9.17) is 16.2 Å². The Morgan fingerprint density at radius 3 is 2.88 bits per heavy atom. The van der Waals surface area contributed by atoms with Crippen LogP contribution >= 0.6 is 0 Å². The average Bonchev–Trinajstić information content (AvgIpc) is 2.26. The molecule has 1 aliphatic rings. The predicted octanol–water partition coefficient (Wildman–Crippen LogP) is 0.717. The first-order chi connectivity index (χ1) is 8.22. The molecular weight excluding hydrogens is 216 g/mol. The van der Waals surface area contributed by atoms with E-state index >= 15 is 0 Å². The standard InChI is InChI=1S/C12H18N4O/c13-12(14)11-8-10(4-5-15-11)16(6-7-17)9-2-1-3-9/h4-5,8-9,17H,1-3,6-7H2,(H3,13,14). The lowest BCUT2D eigenvalue weighted by molar-refractivity contribution is 0.283. The van der Waals surface area contributed by atoms with E-state index in [1.54, 1.807) is 6.20 Å². The summed E-state index contributed by atoms with van der Waals surface area (Å²) < 4.78 is 0. The number of anilines is 1. The molecule has 4 N–H and O–H groups in total. The molecule has 0 amide bonds. The number of aromatic nitrogens is 1. The molecule has 0 atom stereocenters. The molecule has 1 aromatic rings. The number of hydrogen-bond donors (Lipinski definition) is 3. The first-order valence-electron chi connectivity index (χ1n) is 5.90. The van der Waals surface area contributed by atoms with Gasteiger partial charge in [-0.1, -0.05) is 0 Å². The van der Waals surface area contributed by atoms with Crippen LogP contribution in [0.1, 0.15) is 25.0 Å². The zero-order chi connectivity index (χ0) is 12.3. The third-order valence-corrected chi connectivity index (χ3v) is 3.21. The van der Waals surface area contributed by atoms with Crippen molar-refractivity contribution in [2.45, 2.75) is 25.3 Å². The summed E-state index contributed by atoms with van der Waals surface area (Å²) in [6.45, 7) is 0.750. The molecule has 1 fully saturated rings. The van der Waals surface area contributed by atoms with Gasteiger partial charge in [-0.25, -0.2) is 0 Å². The van der Waals surface area contributed by atoms with Crippen LogP contribution in [-0.2, 0) is 0 Å². The van der Waals surface area contributed by atoms with Gasteiger partial charge < -0.3 is 15.7 Å². The van der Waals surface area contributed by atoms with Crippen LogP contribution in [-0.4, -0.2) is 35.1 Å². The Labute approximate surface area is 101 Å². The SMILES string of the molecule is N=C(N)c1cc(N(CCO)C2CCC2)ccn1. The van der Waals surface area contributed by atoms with Gasteiger partial charge in [0.2, 0.25) is 0 Å². The second-order valence-electron chi connectivity index (χ2n) is 4.31. The third kappa shape index (κ3) is 2.55. The Balaban J connectivity index is 2.22. The summed E-state index contributed by atoms with van der Waals surface area (Å²) in [4.78, 5) is 6.22. The summed E-state index contributed by atoms with van der Waals surface area (Å²) in [5.41, 5.74) is 6.91. The van der Waals surface area contributed by atoms with E-state index in [-0.39, 0.29) is 12.4 Å². The van der Waals surface area contributed by atoms with Gasteiger partial charge in [-0.15, -0.1) is 0 Å². The Kier molecular flexibility index (Phi) is 3.58. The van der Waals surface area contributed by atoms with E-state index in [0.717, 1.165) is 18.5 Å². The van der Waals surface area contributed by atoms with Crippen LogP contribution in [0.4, 0.5) is 5.69 Å². The number of aliphatic hydroxyl groups excluding tert-OH is 1. The molecular formula is C12H18N4O. The Morgan fingerprint density at radius 2 is 2.35 bits per heavy atom. The second-order valence-corrected chi connectivity index (χ2v) is 4.31. The van der Waals surface area contributed by atoms with Crippen molar-refractivity contribution in [1.82, 2.24) is 4.98 Å². The number of amidine groups is 1. The molecule has 0 aliphatic heterocycles. The zero-order valence-corrected chi connectivity index (χ0v) is 9.76. The minimum absolute atomic E-state index is 0.0237. The summed E-state index contributed by atoms with van der Waals surface area (Å²) in [7, 11) is 0. The number of nitrogen functional groups attached to an aromatic ring is 1. The normalized spacial score (nSPS) is 15.4. The highest BCUT2D eigenvalue weighted by molar-refractivity contribution is 5.93. The van der Waals surface area contributed by atoms with E-state index in [9.17, 15) is 0 Å². The summed E-state index contributed by atoms with van der Waals surface area (Å²) in [5, 5.41) is 16.5. The van der Waals surface area contributed by atoms with Crippen LogP contribution in [0.3, 0.4) is 0 Å². The largest absolute Gasteiger partial charge is 0.395 e. The van der Waals surface area contributed by atoms with Gasteiger partial charge in [0.1, 0.15) is 11.5 Å². The molecule has 1 aliphatic carbocycles. The summed E-state index contributed by atoms with van der Waals surface area (Å²) in [6.07, 6.45) is 5.24. The molecule has 1 heterocycles. The van der Waals surface area contributed by atoms with Crippen molar-refractivity contribution < 1.29 is 5.11 Å². The van der Waals surface area contributed by atoms with Gasteiger partial charge in [0.25, 0.3) is 0 Å². The fourth-order valence-corrected chi connectivity index (χ4v) is 2.07. The smallest absolute Gasteiger partial charge is 0.141 e. The number of aliphatic hydroxyl groups is 1.